The van der Waals surface area contributed by atoms with Crippen molar-refractivity contribution in [1.82, 2.24) is 15.1 Å². The lowest BCUT2D eigenvalue weighted by molar-refractivity contribution is 0.424. The molecule has 0 bridgehead atoms. The molecule has 4 heteroatoms. The molecule has 0 fully saturated rings. The smallest absolute Gasteiger partial charge is 0.128 e. The van der Waals surface area contributed by atoms with Gasteiger partial charge in [-0.2, -0.15) is 5.10 Å². The average molecular weight is 217 g/mol. The molecule has 1 aliphatic rings. The van der Waals surface area contributed by atoms with E-state index in [9.17, 15) is 0 Å². The Kier molecular flexibility index (Phi) is 2.11. The number of aromatic nitrogens is 2. The summed E-state index contributed by atoms with van der Waals surface area (Å²) in [5.41, 5.74) is 3.58. The number of hydrogen-bond acceptors (Lipinski definition) is 3. The first-order valence-electron chi connectivity index (χ1n) is 5.55. The van der Waals surface area contributed by atoms with Crippen LogP contribution in [0.25, 0.3) is 0 Å². The predicted molar refractivity (Wildman–Crippen MR) is 60.2 cm³/mol. The molecule has 1 unspecified atom stereocenters. The second-order valence-corrected chi connectivity index (χ2v) is 4.29. The van der Waals surface area contributed by atoms with E-state index in [0.717, 1.165) is 24.4 Å². The number of rotatable bonds is 1. The summed E-state index contributed by atoms with van der Waals surface area (Å²) in [6.07, 6.45) is 4.88. The van der Waals surface area contributed by atoms with Gasteiger partial charge in [-0.1, -0.05) is 0 Å². The van der Waals surface area contributed by atoms with Crippen LogP contribution in [0.2, 0.25) is 0 Å². The maximum atomic E-state index is 5.59. The fourth-order valence-electron chi connectivity index (χ4n) is 2.40. The van der Waals surface area contributed by atoms with Crippen LogP contribution in [-0.4, -0.2) is 16.3 Å². The summed E-state index contributed by atoms with van der Waals surface area (Å²) in [6, 6.07) is 2.22. The Morgan fingerprint density at radius 3 is 3.19 bits per heavy atom. The maximum Gasteiger partial charge on any atom is 0.128 e. The summed E-state index contributed by atoms with van der Waals surface area (Å²) < 4.78 is 7.44. The van der Waals surface area contributed by atoms with Crippen molar-refractivity contribution < 1.29 is 4.42 Å². The standard InChI is InChI=1S/C12H15N3O/c1-8-10(7-15(2)14-8)11-12-9(3-5-13-11)4-6-16-12/h4,6-7,11,13H,3,5H2,1-2H3. The predicted octanol–water partition coefficient (Wildman–Crippen LogP) is 1.56. The van der Waals surface area contributed by atoms with Crippen LogP contribution in [0.15, 0.2) is 22.9 Å². The molecule has 0 radical (unpaired) electrons. The highest BCUT2D eigenvalue weighted by Crippen LogP contribution is 2.30. The van der Waals surface area contributed by atoms with Gasteiger partial charge in [0.25, 0.3) is 0 Å². The summed E-state index contributed by atoms with van der Waals surface area (Å²) in [4.78, 5) is 0. The zero-order chi connectivity index (χ0) is 11.1. The van der Waals surface area contributed by atoms with Gasteiger partial charge in [0.1, 0.15) is 5.76 Å². The Balaban J connectivity index is 2.07. The average Bonchev–Trinajstić information content (AvgIpc) is 2.84. The quantitative estimate of drug-likeness (QED) is 0.788. The summed E-state index contributed by atoms with van der Waals surface area (Å²) >= 11 is 0. The molecule has 2 aromatic heterocycles. The van der Waals surface area contributed by atoms with Crippen LogP contribution >= 0.6 is 0 Å². The zero-order valence-electron chi connectivity index (χ0n) is 9.53. The second-order valence-electron chi connectivity index (χ2n) is 4.29. The first-order chi connectivity index (χ1) is 7.75. The monoisotopic (exact) mass is 217 g/mol. The van der Waals surface area contributed by atoms with Gasteiger partial charge in [-0.25, -0.2) is 0 Å². The molecule has 3 heterocycles. The van der Waals surface area contributed by atoms with Crippen molar-refractivity contribution in [3.63, 3.8) is 0 Å². The highest BCUT2D eigenvalue weighted by Gasteiger charge is 2.26. The first-order valence-corrected chi connectivity index (χ1v) is 5.55. The fraction of sp³-hybridized carbons (Fsp3) is 0.417. The summed E-state index contributed by atoms with van der Waals surface area (Å²) in [5, 5.41) is 7.86. The van der Waals surface area contributed by atoms with Crippen molar-refractivity contribution in [2.45, 2.75) is 19.4 Å². The minimum Gasteiger partial charge on any atom is -0.467 e. The molecule has 3 rings (SSSR count). The van der Waals surface area contributed by atoms with Crippen LogP contribution in [0.3, 0.4) is 0 Å². The highest BCUT2D eigenvalue weighted by molar-refractivity contribution is 5.34. The lowest BCUT2D eigenvalue weighted by atomic mass is 9.97. The van der Waals surface area contributed by atoms with E-state index >= 15 is 0 Å². The third-order valence-corrected chi connectivity index (χ3v) is 3.15. The van der Waals surface area contributed by atoms with E-state index in [1.165, 1.54) is 11.1 Å². The van der Waals surface area contributed by atoms with Gasteiger partial charge >= 0.3 is 0 Å². The number of furan rings is 1. The molecule has 0 saturated heterocycles. The van der Waals surface area contributed by atoms with Gasteiger partial charge in [-0.15, -0.1) is 0 Å². The molecule has 16 heavy (non-hydrogen) atoms. The third kappa shape index (κ3) is 1.38. The Morgan fingerprint density at radius 2 is 2.44 bits per heavy atom. The van der Waals surface area contributed by atoms with Crippen LogP contribution in [0.1, 0.15) is 28.6 Å². The molecule has 0 spiro atoms. The van der Waals surface area contributed by atoms with Gasteiger partial charge in [0.05, 0.1) is 18.0 Å². The van der Waals surface area contributed by atoms with Crippen LogP contribution in [0, 0.1) is 6.92 Å². The van der Waals surface area contributed by atoms with E-state index in [1.54, 1.807) is 6.26 Å². The van der Waals surface area contributed by atoms with Crippen molar-refractivity contribution >= 4 is 0 Å². The van der Waals surface area contributed by atoms with E-state index in [0.29, 0.717) is 0 Å². The Hall–Kier alpha value is -1.55. The minimum absolute atomic E-state index is 0.160. The summed E-state index contributed by atoms with van der Waals surface area (Å²) in [6.45, 7) is 3.03. The van der Waals surface area contributed by atoms with Crippen molar-refractivity contribution in [1.29, 1.82) is 0 Å². The number of hydrogen-bond donors (Lipinski definition) is 1. The minimum atomic E-state index is 0.160. The van der Waals surface area contributed by atoms with E-state index in [1.807, 2.05) is 18.7 Å². The lowest BCUT2D eigenvalue weighted by Gasteiger charge is -2.22. The Labute approximate surface area is 94.3 Å². The summed E-state index contributed by atoms with van der Waals surface area (Å²) in [5.74, 6) is 1.04. The molecular formula is C12H15N3O. The van der Waals surface area contributed by atoms with Crippen LogP contribution in [0.5, 0.6) is 0 Å². The molecule has 1 N–H and O–H groups in total. The second kappa shape index (κ2) is 3.49. The lowest BCUT2D eigenvalue weighted by Crippen LogP contribution is -2.29. The molecule has 1 atom stereocenters. The van der Waals surface area contributed by atoms with Crippen LogP contribution in [-0.2, 0) is 13.5 Å². The SMILES string of the molecule is Cc1nn(C)cc1C1NCCc2ccoc21. The van der Waals surface area contributed by atoms with E-state index in [4.69, 9.17) is 4.42 Å². The van der Waals surface area contributed by atoms with Gasteiger partial charge in [0, 0.05) is 25.4 Å². The highest BCUT2D eigenvalue weighted by atomic mass is 16.3. The van der Waals surface area contributed by atoms with E-state index in [2.05, 4.69) is 22.7 Å². The molecule has 0 aromatic carbocycles. The fourth-order valence-corrected chi connectivity index (χ4v) is 2.40. The third-order valence-electron chi connectivity index (χ3n) is 3.15. The zero-order valence-corrected chi connectivity index (χ0v) is 9.53. The largest absolute Gasteiger partial charge is 0.467 e. The topological polar surface area (TPSA) is 43.0 Å². The molecule has 1 aliphatic heterocycles. The van der Waals surface area contributed by atoms with Crippen molar-refractivity contribution in [3.05, 3.63) is 41.1 Å². The molecule has 2 aromatic rings. The number of nitrogens with one attached hydrogen (secondary N) is 1. The van der Waals surface area contributed by atoms with Crippen LogP contribution < -0.4 is 5.32 Å². The molecule has 0 saturated carbocycles. The molecule has 0 amide bonds. The van der Waals surface area contributed by atoms with Crippen LogP contribution in [0.4, 0.5) is 0 Å². The molecule has 84 valence electrons. The number of aryl methyl sites for hydroxylation is 2. The normalized spacial score (nSPS) is 19.8. The van der Waals surface area contributed by atoms with Gasteiger partial charge in [-0.05, 0) is 25.0 Å². The Bertz CT molecular complexity index is 512. The van der Waals surface area contributed by atoms with Gasteiger partial charge in [0.15, 0.2) is 0 Å². The van der Waals surface area contributed by atoms with E-state index in [-0.39, 0.29) is 6.04 Å². The maximum absolute atomic E-state index is 5.59. The van der Waals surface area contributed by atoms with Gasteiger partial charge in [-0.3, -0.25) is 4.68 Å². The van der Waals surface area contributed by atoms with Crippen molar-refractivity contribution in [2.24, 2.45) is 7.05 Å². The number of fused-ring (bicyclic) bond motifs is 1. The molecule has 4 nitrogen and oxygen atoms in total. The molecule has 0 aliphatic carbocycles. The molecular weight excluding hydrogens is 202 g/mol. The number of nitrogens with zero attached hydrogens (tertiary/aromatic N) is 2. The Morgan fingerprint density at radius 1 is 1.56 bits per heavy atom. The van der Waals surface area contributed by atoms with Crippen molar-refractivity contribution in [3.8, 4) is 0 Å². The summed E-state index contributed by atoms with van der Waals surface area (Å²) in [7, 11) is 1.95. The van der Waals surface area contributed by atoms with Crippen molar-refractivity contribution in [2.75, 3.05) is 6.54 Å². The van der Waals surface area contributed by atoms with Gasteiger partial charge < -0.3 is 9.73 Å². The first kappa shape index (κ1) is 9.66. The van der Waals surface area contributed by atoms with E-state index < -0.39 is 0 Å². The van der Waals surface area contributed by atoms with Gasteiger partial charge in [0.2, 0.25) is 0 Å².